The first kappa shape index (κ1) is 8.35. The van der Waals surface area contributed by atoms with E-state index in [4.69, 9.17) is 10.4 Å². The Kier molecular flexibility index (Phi) is 3.18. The lowest BCUT2D eigenvalue weighted by atomic mass is 10.2. The molecule has 0 saturated heterocycles. The molecule has 3 heteroatoms. The van der Waals surface area contributed by atoms with Gasteiger partial charge in [-0.2, -0.15) is 5.26 Å². The molecule has 0 spiro atoms. The molecule has 0 heterocycles. The molecular weight excluding hydrogens is 140 g/mol. The lowest BCUT2D eigenvalue weighted by Crippen LogP contribution is -2.31. The van der Waals surface area contributed by atoms with Gasteiger partial charge in [0.15, 0.2) is 6.19 Å². The van der Waals surface area contributed by atoms with Crippen molar-refractivity contribution in [1.82, 2.24) is 4.90 Å². The first-order valence-electron chi connectivity index (χ1n) is 4.15. The van der Waals surface area contributed by atoms with E-state index in [9.17, 15) is 0 Å². The summed E-state index contributed by atoms with van der Waals surface area (Å²) in [6.45, 7) is 0.589. The van der Waals surface area contributed by atoms with Crippen LogP contribution in [0.4, 0.5) is 0 Å². The zero-order valence-corrected chi connectivity index (χ0v) is 6.66. The highest BCUT2D eigenvalue weighted by molar-refractivity contribution is 4.85. The molecule has 1 rings (SSSR count). The summed E-state index contributed by atoms with van der Waals surface area (Å²) in [6.07, 6.45) is 6.82. The highest BCUT2D eigenvalue weighted by Gasteiger charge is 2.20. The van der Waals surface area contributed by atoms with Crippen molar-refractivity contribution in [3.05, 3.63) is 0 Å². The fourth-order valence-electron chi connectivity index (χ4n) is 1.64. The number of aliphatic hydroxyl groups is 1. The Hall–Kier alpha value is -0.750. The van der Waals surface area contributed by atoms with Gasteiger partial charge in [-0.25, -0.2) is 0 Å². The maximum absolute atomic E-state index is 8.68. The largest absolute Gasteiger partial charge is 0.395 e. The topological polar surface area (TPSA) is 47.3 Å². The molecule has 0 amide bonds. The number of nitrogens with zero attached hydrogens (tertiary/aromatic N) is 2. The third kappa shape index (κ3) is 2.09. The van der Waals surface area contributed by atoms with Gasteiger partial charge in [0.25, 0.3) is 0 Å². The molecule has 62 valence electrons. The van der Waals surface area contributed by atoms with E-state index in [-0.39, 0.29) is 6.61 Å². The molecule has 0 aromatic rings. The van der Waals surface area contributed by atoms with Gasteiger partial charge in [0.05, 0.1) is 13.2 Å². The van der Waals surface area contributed by atoms with Crippen LogP contribution in [0, 0.1) is 11.5 Å². The van der Waals surface area contributed by atoms with Crippen LogP contribution in [0.25, 0.3) is 0 Å². The number of aliphatic hydroxyl groups excluding tert-OH is 1. The van der Waals surface area contributed by atoms with Gasteiger partial charge in [-0.1, -0.05) is 12.8 Å². The van der Waals surface area contributed by atoms with Crippen LogP contribution in [0.15, 0.2) is 0 Å². The van der Waals surface area contributed by atoms with Crippen LogP contribution >= 0.6 is 0 Å². The molecule has 0 aliphatic heterocycles. The summed E-state index contributed by atoms with van der Waals surface area (Å²) in [4.78, 5) is 1.70. The van der Waals surface area contributed by atoms with Crippen LogP contribution in [0.3, 0.4) is 0 Å². The predicted octanol–water partition coefficient (Wildman–Crippen LogP) is 0.704. The summed E-state index contributed by atoms with van der Waals surface area (Å²) < 4.78 is 0. The summed E-state index contributed by atoms with van der Waals surface area (Å²) in [6, 6.07) is 0.409. The lowest BCUT2D eigenvalue weighted by Gasteiger charge is -2.21. The zero-order valence-electron chi connectivity index (χ0n) is 6.66. The molecule has 1 aliphatic carbocycles. The average molecular weight is 154 g/mol. The molecule has 1 aliphatic rings. The Morgan fingerprint density at radius 3 is 2.55 bits per heavy atom. The van der Waals surface area contributed by atoms with E-state index in [1.165, 1.54) is 12.8 Å². The van der Waals surface area contributed by atoms with Crippen molar-refractivity contribution in [3.63, 3.8) is 0 Å². The fraction of sp³-hybridized carbons (Fsp3) is 0.875. The molecular formula is C8H14N2O. The Morgan fingerprint density at radius 2 is 2.09 bits per heavy atom. The Labute approximate surface area is 67.2 Å². The number of rotatable bonds is 3. The van der Waals surface area contributed by atoms with E-state index in [0.717, 1.165) is 12.8 Å². The van der Waals surface area contributed by atoms with Crippen molar-refractivity contribution in [1.29, 1.82) is 5.26 Å². The minimum atomic E-state index is 0.0874. The first-order valence-corrected chi connectivity index (χ1v) is 4.15. The van der Waals surface area contributed by atoms with E-state index < -0.39 is 0 Å². The third-order valence-electron chi connectivity index (χ3n) is 2.23. The molecule has 11 heavy (non-hydrogen) atoms. The molecule has 1 fully saturated rings. The molecule has 0 radical (unpaired) electrons. The summed E-state index contributed by atoms with van der Waals surface area (Å²) in [7, 11) is 0. The molecule has 0 aromatic carbocycles. The molecule has 1 saturated carbocycles. The Morgan fingerprint density at radius 1 is 1.45 bits per heavy atom. The average Bonchev–Trinajstić information content (AvgIpc) is 2.52. The van der Waals surface area contributed by atoms with Gasteiger partial charge in [-0.05, 0) is 12.8 Å². The summed E-state index contributed by atoms with van der Waals surface area (Å²) in [5, 5.41) is 17.3. The van der Waals surface area contributed by atoms with Crippen LogP contribution in [0.1, 0.15) is 25.7 Å². The second kappa shape index (κ2) is 4.20. The zero-order chi connectivity index (χ0) is 8.10. The maximum atomic E-state index is 8.68. The fourth-order valence-corrected chi connectivity index (χ4v) is 1.64. The molecule has 1 N–H and O–H groups in total. The first-order chi connectivity index (χ1) is 5.38. The molecule has 0 atom stereocenters. The molecule has 0 bridgehead atoms. The van der Waals surface area contributed by atoms with Gasteiger partial charge < -0.3 is 10.0 Å². The van der Waals surface area contributed by atoms with Crippen molar-refractivity contribution in [3.8, 4) is 6.19 Å². The van der Waals surface area contributed by atoms with Crippen LogP contribution in [-0.4, -0.2) is 29.2 Å². The minimum Gasteiger partial charge on any atom is -0.395 e. The minimum absolute atomic E-state index is 0.0874. The normalized spacial score (nSPS) is 18.2. The van der Waals surface area contributed by atoms with Gasteiger partial charge in [0.2, 0.25) is 0 Å². The lowest BCUT2D eigenvalue weighted by molar-refractivity contribution is 0.208. The maximum Gasteiger partial charge on any atom is 0.179 e. The van der Waals surface area contributed by atoms with Gasteiger partial charge in [0, 0.05) is 6.04 Å². The number of hydrogen-bond donors (Lipinski definition) is 1. The van der Waals surface area contributed by atoms with Crippen LogP contribution in [0.2, 0.25) is 0 Å². The molecule has 0 unspecified atom stereocenters. The second-order valence-corrected chi connectivity index (χ2v) is 2.96. The highest BCUT2D eigenvalue weighted by atomic mass is 16.3. The predicted molar refractivity (Wildman–Crippen MR) is 41.7 cm³/mol. The standard InChI is InChI=1S/C8H14N2O/c9-7-10(5-6-11)8-3-1-2-4-8/h8,11H,1-6H2. The summed E-state index contributed by atoms with van der Waals surface area (Å²) >= 11 is 0. The quantitative estimate of drug-likeness (QED) is 0.481. The third-order valence-corrected chi connectivity index (χ3v) is 2.23. The van der Waals surface area contributed by atoms with E-state index in [0.29, 0.717) is 12.6 Å². The van der Waals surface area contributed by atoms with Crippen molar-refractivity contribution in [2.45, 2.75) is 31.7 Å². The van der Waals surface area contributed by atoms with E-state index in [1.807, 2.05) is 0 Å². The van der Waals surface area contributed by atoms with Crippen LogP contribution in [0.5, 0.6) is 0 Å². The van der Waals surface area contributed by atoms with Gasteiger partial charge in [0.1, 0.15) is 0 Å². The Bertz CT molecular complexity index is 147. The van der Waals surface area contributed by atoms with E-state index in [1.54, 1.807) is 4.90 Å². The van der Waals surface area contributed by atoms with Gasteiger partial charge in [-0.15, -0.1) is 0 Å². The van der Waals surface area contributed by atoms with E-state index >= 15 is 0 Å². The summed E-state index contributed by atoms with van der Waals surface area (Å²) in [5.41, 5.74) is 0. The SMILES string of the molecule is N#CN(CCO)C1CCCC1. The van der Waals surface area contributed by atoms with Crippen molar-refractivity contribution >= 4 is 0 Å². The van der Waals surface area contributed by atoms with Gasteiger partial charge >= 0.3 is 0 Å². The van der Waals surface area contributed by atoms with Crippen LogP contribution < -0.4 is 0 Å². The Balaban J connectivity index is 2.35. The number of nitriles is 1. The van der Waals surface area contributed by atoms with Crippen LogP contribution in [-0.2, 0) is 0 Å². The monoisotopic (exact) mass is 154 g/mol. The van der Waals surface area contributed by atoms with Gasteiger partial charge in [-0.3, -0.25) is 0 Å². The molecule has 0 aromatic heterocycles. The second-order valence-electron chi connectivity index (χ2n) is 2.96. The van der Waals surface area contributed by atoms with Crippen molar-refractivity contribution in [2.24, 2.45) is 0 Å². The summed E-state index contributed by atoms with van der Waals surface area (Å²) in [5.74, 6) is 0. The van der Waals surface area contributed by atoms with E-state index in [2.05, 4.69) is 6.19 Å². The smallest absolute Gasteiger partial charge is 0.179 e. The highest BCUT2D eigenvalue weighted by Crippen LogP contribution is 2.22. The van der Waals surface area contributed by atoms with Crippen molar-refractivity contribution < 1.29 is 5.11 Å². The molecule has 3 nitrogen and oxygen atoms in total. The van der Waals surface area contributed by atoms with Crippen molar-refractivity contribution in [2.75, 3.05) is 13.2 Å². The number of hydrogen-bond acceptors (Lipinski definition) is 3.